The zero-order chi connectivity index (χ0) is 17.4. The van der Waals surface area contributed by atoms with E-state index in [2.05, 4.69) is 19.0 Å². The third-order valence-electron chi connectivity index (χ3n) is 5.09. The molecule has 25 heavy (non-hydrogen) atoms. The highest BCUT2D eigenvalue weighted by molar-refractivity contribution is 6.01. The molecular formula is C21H22N2O2. The van der Waals surface area contributed by atoms with E-state index >= 15 is 0 Å². The maximum atomic E-state index is 13.1. The second kappa shape index (κ2) is 6.36. The molecule has 0 radical (unpaired) electrons. The highest BCUT2D eigenvalue weighted by atomic mass is 16.5. The van der Waals surface area contributed by atoms with E-state index in [0.717, 1.165) is 35.9 Å². The highest BCUT2D eigenvalue weighted by Gasteiger charge is 2.31. The van der Waals surface area contributed by atoms with Crippen molar-refractivity contribution in [2.24, 2.45) is 5.92 Å². The Labute approximate surface area is 147 Å². The van der Waals surface area contributed by atoms with Crippen molar-refractivity contribution in [3.05, 3.63) is 54.1 Å². The molecule has 0 unspecified atom stereocenters. The van der Waals surface area contributed by atoms with Crippen LogP contribution in [0.2, 0.25) is 0 Å². The maximum Gasteiger partial charge on any atom is 0.254 e. The Kier molecular flexibility index (Phi) is 4.04. The summed E-state index contributed by atoms with van der Waals surface area (Å²) >= 11 is 0. The minimum atomic E-state index is 0.110. The number of carbonyl (C=O) groups is 1. The minimum Gasteiger partial charge on any atom is -0.355 e. The Morgan fingerprint density at radius 2 is 2.00 bits per heavy atom. The first kappa shape index (κ1) is 15.9. The predicted molar refractivity (Wildman–Crippen MR) is 98.3 cm³/mol. The summed E-state index contributed by atoms with van der Waals surface area (Å²) in [5, 5.41) is 5.02. The third kappa shape index (κ3) is 2.82. The van der Waals surface area contributed by atoms with Gasteiger partial charge in [0, 0.05) is 23.7 Å². The monoisotopic (exact) mass is 334 g/mol. The van der Waals surface area contributed by atoms with Gasteiger partial charge in [-0.3, -0.25) is 4.79 Å². The molecule has 1 aliphatic rings. The summed E-state index contributed by atoms with van der Waals surface area (Å²) in [5.41, 5.74) is 2.45. The molecule has 0 saturated carbocycles. The molecule has 128 valence electrons. The Balaban J connectivity index is 1.73. The number of nitrogens with zero attached hydrogens (tertiary/aromatic N) is 2. The lowest BCUT2D eigenvalue weighted by atomic mass is 10.0. The van der Waals surface area contributed by atoms with Crippen LogP contribution in [0.1, 0.15) is 37.0 Å². The first-order valence-electron chi connectivity index (χ1n) is 8.91. The van der Waals surface area contributed by atoms with Crippen LogP contribution in [-0.2, 0) is 0 Å². The molecular weight excluding hydrogens is 312 g/mol. The van der Waals surface area contributed by atoms with Gasteiger partial charge in [0.1, 0.15) is 5.52 Å². The first-order chi connectivity index (χ1) is 12.1. The Morgan fingerprint density at radius 3 is 2.76 bits per heavy atom. The van der Waals surface area contributed by atoms with Crippen LogP contribution in [0, 0.1) is 5.92 Å². The van der Waals surface area contributed by atoms with E-state index in [1.165, 1.54) is 0 Å². The number of amides is 1. The van der Waals surface area contributed by atoms with E-state index in [1.54, 1.807) is 0 Å². The number of hydrogen-bond acceptors (Lipinski definition) is 3. The van der Waals surface area contributed by atoms with Gasteiger partial charge in [0.2, 0.25) is 0 Å². The molecule has 3 aromatic rings. The molecule has 0 N–H and O–H groups in total. The number of fused-ring (bicyclic) bond motifs is 1. The van der Waals surface area contributed by atoms with Gasteiger partial charge < -0.3 is 9.42 Å². The summed E-state index contributed by atoms with van der Waals surface area (Å²) in [5.74, 6) is 1.30. The van der Waals surface area contributed by atoms with Crippen molar-refractivity contribution in [2.45, 2.75) is 32.7 Å². The van der Waals surface area contributed by atoms with Crippen LogP contribution in [0.4, 0.5) is 0 Å². The average Bonchev–Trinajstić information content (AvgIpc) is 3.28. The van der Waals surface area contributed by atoms with Gasteiger partial charge in [0.15, 0.2) is 5.76 Å². The fourth-order valence-electron chi connectivity index (χ4n) is 3.78. The molecule has 1 atom stereocenters. The second-order valence-electron chi connectivity index (χ2n) is 7.06. The van der Waals surface area contributed by atoms with Crippen molar-refractivity contribution in [3.63, 3.8) is 0 Å². The first-order valence-corrected chi connectivity index (χ1v) is 8.91. The van der Waals surface area contributed by atoms with Gasteiger partial charge in [-0.25, -0.2) is 0 Å². The van der Waals surface area contributed by atoms with E-state index in [4.69, 9.17) is 4.52 Å². The summed E-state index contributed by atoms with van der Waals surface area (Å²) in [6.07, 6.45) is 2.17. The summed E-state index contributed by atoms with van der Waals surface area (Å²) in [4.78, 5) is 15.1. The van der Waals surface area contributed by atoms with Crippen LogP contribution < -0.4 is 0 Å². The number of rotatable bonds is 3. The number of carbonyl (C=O) groups excluding carboxylic acids is 1. The molecule has 4 rings (SSSR count). The van der Waals surface area contributed by atoms with E-state index in [0.29, 0.717) is 23.3 Å². The summed E-state index contributed by atoms with van der Waals surface area (Å²) in [7, 11) is 0. The molecule has 1 amide bonds. The van der Waals surface area contributed by atoms with Crippen LogP contribution in [0.15, 0.2) is 53.1 Å². The van der Waals surface area contributed by atoms with Gasteiger partial charge in [-0.15, -0.1) is 0 Å². The van der Waals surface area contributed by atoms with Crippen LogP contribution in [0.3, 0.4) is 0 Å². The van der Waals surface area contributed by atoms with Crippen molar-refractivity contribution >= 4 is 16.8 Å². The lowest BCUT2D eigenvalue weighted by molar-refractivity contribution is 0.0702. The van der Waals surface area contributed by atoms with Crippen LogP contribution in [0.25, 0.3) is 22.2 Å². The van der Waals surface area contributed by atoms with Gasteiger partial charge in [0.25, 0.3) is 5.91 Å². The van der Waals surface area contributed by atoms with Crippen LogP contribution in [-0.4, -0.2) is 28.6 Å². The molecule has 4 heteroatoms. The largest absolute Gasteiger partial charge is 0.355 e. The quantitative estimate of drug-likeness (QED) is 0.694. The molecule has 1 fully saturated rings. The SMILES string of the molecule is CC(C)[C@@H]1CCCN1C(=O)c1ccc2noc(-c3ccccc3)c2c1. The highest BCUT2D eigenvalue weighted by Crippen LogP contribution is 2.31. The van der Waals surface area contributed by atoms with Gasteiger partial charge in [-0.2, -0.15) is 0 Å². The van der Waals surface area contributed by atoms with Gasteiger partial charge in [0.05, 0.1) is 5.39 Å². The molecule has 1 aliphatic heterocycles. The molecule has 4 nitrogen and oxygen atoms in total. The lowest BCUT2D eigenvalue weighted by Crippen LogP contribution is -2.38. The fraction of sp³-hybridized carbons (Fsp3) is 0.333. The van der Waals surface area contributed by atoms with Gasteiger partial charge in [-0.05, 0) is 37.0 Å². The number of hydrogen-bond donors (Lipinski definition) is 0. The Bertz CT molecular complexity index is 899. The van der Waals surface area contributed by atoms with E-state index in [-0.39, 0.29) is 5.91 Å². The maximum absolute atomic E-state index is 13.1. The standard InChI is InChI=1S/C21H22N2O2/c1-14(2)19-9-6-12-23(19)21(24)16-10-11-18-17(13-16)20(25-22-18)15-7-4-3-5-8-15/h3-5,7-8,10-11,13-14,19H,6,9,12H2,1-2H3/t19-/m0/s1. The molecule has 0 aliphatic carbocycles. The van der Waals surface area contributed by atoms with Crippen molar-refractivity contribution in [1.82, 2.24) is 10.1 Å². The van der Waals surface area contributed by atoms with Crippen molar-refractivity contribution < 1.29 is 9.32 Å². The van der Waals surface area contributed by atoms with Gasteiger partial charge >= 0.3 is 0 Å². The topological polar surface area (TPSA) is 46.3 Å². The predicted octanol–water partition coefficient (Wildman–Crippen LogP) is 4.76. The summed E-state index contributed by atoms with van der Waals surface area (Å²) in [6, 6.07) is 15.9. The summed E-state index contributed by atoms with van der Waals surface area (Å²) < 4.78 is 5.55. The smallest absolute Gasteiger partial charge is 0.254 e. The third-order valence-corrected chi connectivity index (χ3v) is 5.09. The van der Waals surface area contributed by atoms with Gasteiger partial charge in [-0.1, -0.05) is 49.3 Å². The molecule has 1 aromatic heterocycles. The minimum absolute atomic E-state index is 0.110. The second-order valence-corrected chi connectivity index (χ2v) is 7.06. The van der Waals surface area contributed by atoms with Crippen molar-refractivity contribution in [2.75, 3.05) is 6.54 Å². The van der Waals surface area contributed by atoms with E-state index in [1.807, 2.05) is 53.4 Å². The normalized spacial score (nSPS) is 17.6. The zero-order valence-electron chi connectivity index (χ0n) is 14.6. The fourth-order valence-corrected chi connectivity index (χ4v) is 3.78. The number of aromatic nitrogens is 1. The number of likely N-dealkylation sites (tertiary alicyclic amines) is 1. The molecule has 2 heterocycles. The van der Waals surface area contributed by atoms with Crippen LogP contribution >= 0.6 is 0 Å². The van der Waals surface area contributed by atoms with E-state index in [9.17, 15) is 4.79 Å². The van der Waals surface area contributed by atoms with Crippen molar-refractivity contribution in [1.29, 1.82) is 0 Å². The number of benzene rings is 2. The van der Waals surface area contributed by atoms with Crippen molar-refractivity contribution in [3.8, 4) is 11.3 Å². The molecule has 2 aromatic carbocycles. The zero-order valence-corrected chi connectivity index (χ0v) is 14.6. The van der Waals surface area contributed by atoms with E-state index < -0.39 is 0 Å². The average molecular weight is 334 g/mol. The Hall–Kier alpha value is -2.62. The molecule has 0 spiro atoms. The molecule has 1 saturated heterocycles. The molecule has 0 bridgehead atoms. The van der Waals surface area contributed by atoms with Crippen LogP contribution in [0.5, 0.6) is 0 Å². The Morgan fingerprint density at radius 1 is 1.20 bits per heavy atom. The summed E-state index contributed by atoms with van der Waals surface area (Å²) in [6.45, 7) is 5.22. The lowest BCUT2D eigenvalue weighted by Gasteiger charge is -2.27.